The summed E-state index contributed by atoms with van der Waals surface area (Å²) in [5.74, 6) is 1.33. The fourth-order valence-electron chi connectivity index (χ4n) is 2.39. The molecular formula is C20H19NO3S. The molecule has 0 radical (unpaired) electrons. The maximum atomic E-state index is 11.5. The molecule has 0 fully saturated rings. The Morgan fingerprint density at radius 3 is 2.32 bits per heavy atom. The third kappa shape index (κ3) is 4.39. The zero-order chi connectivity index (χ0) is 17.6. The average molecular weight is 353 g/mol. The third-order valence-corrected chi connectivity index (χ3v) is 4.75. The molecule has 0 aliphatic heterocycles. The molecule has 0 amide bonds. The van der Waals surface area contributed by atoms with Crippen LogP contribution >= 0.6 is 11.3 Å². The van der Waals surface area contributed by atoms with Crippen molar-refractivity contribution in [3.63, 3.8) is 0 Å². The first-order valence-electron chi connectivity index (χ1n) is 7.87. The van der Waals surface area contributed by atoms with Gasteiger partial charge >= 0.3 is 5.97 Å². The lowest BCUT2D eigenvalue weighted by Crippen LogP contribution is -2.15. The van der Waals surface area contributed by atoms with E-state index < -0.39 is 0 Å². The first-order chi connectivity index (χ1) is 12.2. The highest BCUT2D eigenvalue weighted by molar-refractivity contribution is 7.13. The maximum Gasteiger partial charge on any atom is 0.348 e. The van der Waals surface area contributed by atoms with E-state index in [1.54, 1.807) is 6.07 Å². The van der Waals surface area contributed by atoms with Gasteiger partial charge < -0.3 is 14.4 Å². The van der Waals surface area contributed by atoms with Crippen LogP contribution in [0.3, 0.4) is 0 Å². The molecule has 25 heavy (non-hydrogen) atoms. The molecule has 0 unspecified atom stereocenters. The lowest BCUT2D eigenvalue weighted by Gasteiger charge is -2.18. The van der Waals surface area contributed by atoms with Gasteiger partial charge in [0.1, 0.15) is 16.4 Å². The Morgan fingerprint density at radius 2 is 1.64 bits per heavy atom. The van der Waals surface area contributed by atoms with Gasteiger partial charge in [0.2, 0.25) is 0 Å². The molecule has 0 saturated heterocycles. The van der Waals surface area contributed by atoms with Crippen LogP contribution in [0.2, 0.25) is 0 Å². The number of carbonyl (C=O) groups excluding carboxylic acids is 1. The second-order valence-electron chi connectivity index (χ2n) is 5.52. The first kappa shape index (κ1) is 17.0. The van der Waals surface area contributed by atoms with E-state index in [4.69, 9.17) is 9.47 Å². The van der Waals surface area contributed by atoms with Crippen LogP contribution in [0, 0.1) is 0 Å². The molecule has 0 aliphatic rings. The number of esters is 1. The first-order valence-corrected chi connectivity index (χ1v) is 8.68. The van der Waals surface area contributed by atoms with Crippen molar-refractivity contribution in [2.75, 3.05) is 19.1 Å². The van der Waals surface area contributed by atoms with Crippen LogP contribution in [-0.2, 0) is 11.3 Å². The van der Waals surface area contributed by atoms with E-state index in [1.807, 2.05) is 67.7 Å². The lowest BCUT2D eigenvalue weighted by molar-refractivity contribution is 0.0606. The van der Waals surface area contributed by atoms with Crippen molar-refractivity contribution in [2.45, 2.75) is 6.54 Å². The van der Waals surface area contributed by atoms with Gasteiger partial charge in [-0.3, -0.25) is 0 Å². The largest absolute Gasteiger partial charge is 0.465 e. The Labute approximate surface area is 151 Å². The zero-order valence-electron chi connectivity index (χ0n) is 14.1. The predicted octanol–water partition coefficient (Wildman–Crippen LogP) is 4.96. The molecule has 0 N–H and O–H groups in total. The van der Waals surface area contributed by atoms with Crippen LogP contribution in [0.4, 0.5) is 5.69 Å². The van der Waals surface area contributed by atoms with Gasteiger partial charge in [-0.1, -0.05) is 18.2 Å². The summed E-state index contributed by atoms with van der Waals surface area (Å²) in [4.78, 5) is 15.4. The number of rotatable bonds is 6. The minimum atomic E-state index is -0.290. The number of thiophene rings is 1. The fourth-order valence-corrected chi connectivity index (χ4v) is 3.37. The Kier molecular flexibility index (Phi) is 5.36. The van der Waals surface area contributed by atoms with Crippen LogP contribution in [-0.4, -0.2) is 20.1 Å². The zero-order valence-corrected chi connectivity index (χ0v) is 15.0. The van der Waals surface area contributed by atoms with E-state index >= 15 is 0 Å². The Morgan fingerprint density at radius 1 is 0.960 bits per heavy atom. The average Bonchev–Trinajstić information content (AvgIpc) is 3.11. The summed E-state index contributed by atoms with van der Waals surface area (Å²) < 4.78 is 10.6. The number of hydrogen-bond donors (Lipinski definition) is 0. The molecule has 4 nitrogen and oxygen atoms in total. The predicted molar refractivity (Wildman–Crippen MR) is 101 cm³/mol. The molecule has 2 aromatic carbocycles. The van der Waals surface area contributed by atoms with E-state index in [2.05, 4.69) is 4.90 Å². The van der Waals surface area contributed by atoms with Crippen molar-refractivity contribution in [3.05, 3.63) is 76.5 Å². The quantitative estimate of drug-likeness (QED) is 0.587. The summed E-state index contributed by atoms with van der Waals surface area (Å²) in [5.41, 5.74) is 1.08. The molecule has 128 valence electrons. The number of anilines is 1. The van der Waals surface area contributed by atoms with Gasteiger partial charge in [0.05, 0.1) is 13.7 Å². The highest BCUT2D eigenvalue weighted by Gasteiger charge is 2.11. The molecule has 0 saturated carbocycles. The maximum absolute atomic E-state index is 11.5. The SMILES string of the molecule is COC(=O)c1ccc(CN(C)c2ccc(Oc3ccccc3)cc2)s1. The summed E-state index contributed by atoms with van der Waals surface area (Å²) in [6, 6.07) is 21.4. The van der Waals surface area contributed by atoms with E-state index in [-0.39, 0.29) is 5.97 Å². The summed E-state index contributed by atoms with van der Waals surface area (Å²) in [6.45, 7) is 0.723. The summed E-state index contributed by atoms with van der Waals surface area (Å²) in [6.07, 6.45) is 0. The number of nitrogens with zero attached hydrogens (tertiary/aromatic N) is 1. The number of methoxy groups -OCH3 is 1. The van der Waals surface area contributed by atoms with Gasteiger partial charge in [-0.2, -0.15) is 0 Å². The summed E-state index contributed by atoms with van der Waals surface area (Å²) in [7, 11) is 3.41. The standard InChI is InChI=1S/C20H19NO3S/c1-21(14-18-12-13-19(25-18)20(22)23-2)15-8-10-17(11-9-15)24-16-6-4-3-5-7-16/h3-13H,14H2,1-2H3. The summed E-state index contributed by atoms with van der Waals surface area (Å²) in [5, 5.41) is 0. The second kappa shape index (κ2) is 7.85. The Balaban J connectivity index is 1.63. The topological polar surface area (TPSA) is 38.8 Å². The van der Waals surface area contributed by atoms with Gasteiger partial charge in [0, 0.05) is 17.6 Å². The Bertz CT molecular complexity index is 828. The molecule has 3 rings (SSSR count). The molecule has 0 bridgehead atoms. The number of hydrogen-bond acceptors (Lipinski definition) is 5. The number of ether oxygens (including phenoxy) is 2. The van der Waals surface area contributed by atoms with Crippen LogP contribution < -0.4 is 9.64 Å². The lowest BCUT2D eigenvalue weighted by atomic mass is 10.2. The van der Waals surface area contributed by atoms with Gasteiger partial charge in [-0.05, 0) is 48.5 Å². The fraction of sp³-hybridized carbons (Fsp3) is 0.150. The Hall–Kier alpha value is -2.79. The van der Waals surface area contributed by atoms with E-state index in [0.29, 0.717) is 4.88 Å². The van der Waals surface area contributed by atoms with E-state index in [0.717, 1.165) is 28.6 Å². The van der Waals surface area contributed by atoms with Crippen molar-refractivity contribution < 1.29 is 14.3 Å². The number of benzene rings is 2. The molecule has 0 atom stereocenters. The van der Waals surface area contributed by atoms with E-state index in [9.17, 15) is 4.79 Å². The highest BCUT2D eigenvalue weighted by atomic mass is 32.1. The van der Waals surface area contributed by atoms with Crippen molar-refractivity contribution in [1.82, 2.24) is 0 Å². The van der Waals surface area contributed by atoms with Crippen LogP contribution in [0.5, 0.6) is 11.5 Å². The molecular weight excluding hydrogens is 334 g/mol. The van der Waals surface area contributed by atoms with Crippen molar-refractivity contribution in [2.24, 2.45) is 0 Å². The molecule has 3 aromatic rings. The van der Waals surface area contributed by atoms with Gasteiger partial charge in [-0.15, -0.1) is 11.3 Å². The second-order valence-corrected chi connectivity index (χ2v) is 6.69. The van der Waals surface area contributed by atoms with Crippen molar-refractivity contribution in [1.29, 1.82) is 0 Å². The monoisotopic (exact) mass is 353 g/mol. The molecule has 0 aliphatic carbocycles. The minimum Gasteiger partial charge on any atom is -0.465 e. The number of carbonyl (C=O) groups is 1. The van der Waals surface area contributed by atoms with Crippen LogP contribution in [0.25, 0.3) is 0 Å². The molecule has 1 heterocycles. The smallest absolute Gasteiger partial charge is 0.348 e. The number of para-hydroxylation sites is 1. The van der Waals surface area contributed by atoms with Gasteiger partial charge in [0.15, 0.2) is 0 Å². The van der Waals surface area contributed by atoms with E-state index in [1.165, 1.54) is 18.4 Å². The van der Waals surface area contributed by atoms with Crippen LogP contribution in [0.1, 0.15) is 14.5 Å². The normalized spacial score (nSPS) is 10.3. The van der Waals surface area contributed by atoms with Gasteiger partial charge in [0.25, 0.3) is 0 Å². The van der Waals surface area contributed by atoms with Crippen LogP contribution in [0.15, 0.2) is 66.7 Å². The van der Waals surface area contributed by atoms with Crippen molar-refractivity contribution >= 4 is 23.0 Å². The molecule has 1 aromatic heterocycles. The third-order valence-electron chi connectivity index (χ3n) is 3.70. The minimum absolute atomic E-state index is 0.290. The van der Waals surface area contributed by atoms with Crippen molar-refractivity contribution in [3.8, 4) is 11.5 Å². The van der Waals surface area contributed by atoms with Gasteiger partial charge in [-0.25, -0.2) is 4.79 Å². The summed E-state index contributed by atoms with van der Waals surface area (Å²) >= 11 is 1.45. The highest BCUT2D eigenvalue weighted by Crippen LogP contribution is 2.26. The molecule has 0 spiro atoms. The molecule has 5 heteroatoms.